The summed E-state index contributed by atoms with van der Waals surface area (Å²) in [5.74, 6) is 0.541. The number of carbonyl (C=O) groups excluding carboxylic acids is 1. The first kappa shape index (κ1) is 16.0. The lowest BCUT2D eigenvalue weighted by molar-refractivity contribution is 0.0746. The average molecular weight is 352 g/mol. The lowest BCUT2D eigenvalue weighted by atomic mass is 10.1. The van der Waals surface area contributed by atoms with Crippen molar-refractivity contribution in [3.05, 3.63) is 62.9 Å². The molecule has 1 saturated heterocycles. The van der Waals surface area contributed by atoms with E-state index in [1.54, 1.807) is 41.6 Å². The minimum Gasteiger partial charge on any atom is -0.337 e. The quantitative estimate of drug-likeness (QED) is 0.626. The minimum absolute atomic E-state index is 0.118. The third-order valence-electron chi connectivity index (χ3n) is 4.37. The second-order valence-electron chi connectivity index (χ2n) is 6.00. The molecule has 26 heavy (non-hydrogen) atoms. The third kappa shape index (κ3) is 2.94. The first-order valence-corrected chi connectivity index (χ1v) is 8.19. The first-order chi connectivity index (χ1) is 12.6. The van der Waals surface area contributed by atoms with Gasteiger partial charge in [0.1, 0.15) is 0 Å². The lowest BCUT2D eigenvalue weighted by Gasteiger charge is -2.34. The molecule has 0 unspecified atom stereocenters. The maximum atomic E-state index is 12.8. The number of aromatic amines is 2. The number of piperazine rings is 1. The molecule has 0 atom stereocenters. The van der Waals surface area contributed by atoms with E-state index in [1.807, 2.05) is 4.90 Å². The molecule has 0 bridgehead atoms. The second kappa shape index (κ2) is 6.43. The lowest BCUT2D eigenvalue weighted by Crippen LogP contribution is -2.49. The molecule has 2 N–H and O–H groups in total. The predicted octanol–water partition coefficient (Wildman–Crippen LogP) is -0.0312. The largest absolute Gasteiger partial charge is 0.337 e. The minimum atomic E-state index is -0.737. The van der Waals surface area contributed by atoms with Crippen LogP contribution in [0.25, 0.3) is 11.0 Å². The number of hydrogen-bond acceptors (Lipinski definition) is 6. The summed E-state index contributed by atoms with van der Waals surface area (Å²) in [6.45, 7) is 2.40. The van der Waals surface area contributed by atoms with Crippen molar-refractivity contribution >= 4 is 22.9 Å². The molecule has 0 spiro atoms. The summed E-state index contributed by atoms with van der Waals surface area (Å²) >= 11 is 0. The van der Waals surface area contributed by atoms with E-state index < -0.39 is 11.1 Å². The highest BCUT2D eigenvalue weighted by Gasteiger charge is 2.23. The number of nitrogens with one attached hydrogen (secondary N) is 2. The topological polar surface area (TPSA) is 115 Å². The van der Waals surface area contributed by atoms with E-state index in [0.29, 0.717) is 48.7 Å². The van der Waals surface area contributed by atoms with Gasteiger partial charge in [0.2, 0.25) is 5.95 Å². The van der Waals surface area contributed by atoms with Crippen molar-refractivity contribution in [1.82, 2.24) is 24.8 Å². The summed E-state index contributed by atoms with van der Waals surface area (Å²) < 4.78 is 0. The fourth-order valence-electron chi connectivity index (χ4n) is 2.99. The van der Waals surface area contributed by atoms with E-state index >= 15 is 0 Å². The van der Waals surface area contributed by atoms with E-state index in [1.165, 1.54) is 0 Å². The highest BCUT2D eigenvalue weighted by molar-refractivity contribution is 5.97. The van der Waals surface area contributed by atoms with Gasteiger partial charge in [-0.15, -0.1) is 0 Å². The number of amides is 1. The number of hydrogen-bond donors (Lipinski definition) is 2. The summed E-state index contributed by atoms with van der Waals surface area (Å²) in [5, 5.41) is 0. The van der Waals surface area contributed by atoms with Crippen molar-refractivity contribution in [2.75, 3.05) is 31.1 Å². The zero-order chi connectivity index (χ0) is 18.1. The normalized spacial score (nSPS) is 14.6. The summed E-state index contributed by atoms with van der Waals surface area (Å²) in [7, 11) is 0. The van der Waals surface area contributed by atoms with E-state index in [2.05, 4.69) is 19.9 Å². The summed E-state index contributed by atoms with van der Waals surface area (Å²) in [6.07, 6.45) is 3.39. The van der Waals surface area contributed by atoms with Crippen molar-refractivity contribution in [2.24, 2.45) is 0 Å². The van der Waals surface area contributed by atoms with Gasteiger partial charge in [-0.2, -0.15) is 0 Å². The average Bonchev–Trinajstić information content (AvgIpc) is 2.69. The molecule has 1 amide bonds. The van der Waals surface area contributed by atoms with Crippen LogP contribution in [0.5, 0.6) is 0 Å². The molecule has 9 heteroatoms. The monoisotopic (exact) mass is 352 g/mol. The van der Waals surface area contributed by atoms with E-state index in [9.17, 15) is 14.4 Å². The van der Waals surface area contributed by atoms with E-state index in [-0.39, 0.29) is 5.91 Å². The number of H-pyrrole nitrogens is 2. The third-order valence-corrected chi connectivity index (χ3v) is 4.37. The van der Waals surface area contributed by atoms with Crippen LogP contribution >= 0.6 is 0 Å². The molecule has 0 aliphatic carbocycles. The van der Waals surface area contributed by atoms with Gasteiger partial charge in [-0.1, -0.05) is 0 Å². The highest BCUT2D eigenvalue weighted by atomic mass is 16.2. The van der Waals surface area contributed by atoms with Crippen LogP contribution in [0.2, 0.25) is 0 Å². The predicted molar refractivity (Wildman–Crippen MR) is 95.3 cm³/mol. The Kier molecular flexibility index (Phi) is 3.96. The van der Waals surface area contributed by atoms with Crippen LogP contribution < -0.4 is 16.0 Å². The van der Waals surface area contributed by atoms with Gasteiger partial charge in [0.15, 0.2) is 0 Å². The van der Waals surface area contributed by atoms with Gasteiger partial charge in [0, 0.05) is 44.1 Å². The van der Waals surface area contributed by atoms with Crippen LogP contribution in [-0.4, -0.2) is 56.9 Å². The van der Waals surface area contributed by atoms with E-state index in [0.717, 1.165) is 0 Å². The molecule has 0 radical (unpaired) electrons. The zero-order valence-electron chi connectivity index (χ0n) is 13.8. The molecule has 4 rings (SSSR count). The van der Waals surface area contributed by atoms with Crippen molar-refractivity contribution in [2.45, 2.75) is 0 Å². The van der Waals surface area contributed by atoms with Crippen LogP contribution in [0, 0.1) is 0 Å². The second-order valence-corrected chi connectivity index (χ2v) is 6.00. The Labute approximate surface area is 147 Å². The van der Waals surface area contributed by atoms with Gasteiger partial charge < -0.3 is 19.8 Å². The number of rotatable bonds is 2. The molecule has 0 saturated carbocycles. The van der Waals surface area contributed by atoms with Gasteiger partial charge >= 0.3 is 11.1 Å². The maximum Gasteiger partial charge on any atom is 0.314 e. The molecular formula is C17H16N6O3. The van der Waals surface area contributed by atoms with Gasteiger partial charge in [0.25, 0.3) is 5.91 Å². The van der Waals surface area contributed by atoms with Crippen molar-refractivity contribution in [3.8, 4) is 0 Å². The molecular weight excluding hydrogens is 336 g/mol. The summed E-state index contributed by atoms with van der Waals surface area (Å²) in [4.78, 5) is 52.8. The number of fused-ring (bicyclic) bond motifs is 1. The molecule has 3 aromatic rings. The molecule has 1 fully saturated rings. The van der Waals surface area contributed by atoms with E-state index in [4.69, 9.17) is 0 Å². The maximum absolute atomic E-state index is 12.8. The highest BCUT2D eigenvalue weighted by Crippen LogP contribution is 2.15. The van der Waals surface area contributed by atoms with Crippen LogP contribution in [0.4, 0.5) is 5.95 Å². The number of nitrogens with zero attached hydrogens (tertiary/aromatic N) is 4. The SMILES string of the molecule is O=C(c1ccc2[nH]c(=O)c(=O)[nH]c2c1)N1CCN(c2ncccn2)CC1. The van der Waals surface area contributed by atoms with Gasteiger partial charge in [-0.3, -0.25) is 14.4 Å². The van der Waals surface area contributed by atoms with Gasteiger partial charge in [-0.05, 0) is 24.3 Å². The Morgan fingerprint density at radius 2 is 1.58 bits per heavy atom. The molecule has 1 aromatic carbocycles. The molecule has 2 aromatic heterocycles. The Morgan fingerprint density at radius 1 is 0.923 bits per heavy atom. The van der Waals surface area contributed by atoms with Crippen molar-refractivity contribution in [3.63, 3.8) is 0 Å². The van der Waals surface area contributed by atoms with Gasteiger partial charge in [0.05, 0.1) is 11.0 Å². The Bertz CT molecular complexity index is 1070. The summed E-state index contributed by atoms with van der Waals surface area (Å²) in [6, 6.07) is 6.61. The smallest absolute Gasteiger partial charge is 0.314 e. The fraction of sp³-hybridized carbons (Fsp3) is 0.235. The van der Waals surface area contributed by atoms with Crippen LogP contribution in [0.3, 0.4) is 0 Å². The summed E-state index contributed by atoms with van der Waals surface area (Å²) in [5.41, 5.74) is -0.0759. The van der Waals surface area contributed by atoms with Crippen molar-refractivity contribution in [1.29, 1.82) is 0 Å². The van der Waals surface area contributed by atoms with Crippen molar-refractivity contribution < 1.29 is 4.79 Å². The molecule has 1 aliphatic rings. The number of anilines is 1. The Morgan fingerprint density at radius 3 is 2.27 bits per heavy atom. The fourth-order valence-corrected chi connectivity index (χ4v) is 2.99. The Balaban J connectivity index is 1.51. The molecule has 3 heterocycles. The number of carbonyl (C=O) groups is 1. The first-order valence-electron chi connectivity index (χ1n) is 8.19. The van der Waals surface area contributed by atoms with Crippen LogP contribution in [0.15, 0.2) is 46.2 Å². The van der Waals surface area contributed by atoms with Crippen LogP contribution in [-0.2, 0) is 0 Å². The Hall–Kier alpha value is -3.49. The molecule has 132 valence electrons. The zero-order valence-corrected chi connectivity index (χ0v) is 13.8. The van der Waals surface area contributed by atoms with Gasteiger partial charge in [-0.25, -0.2) is 9.97 Å². The number of aromatic nitrogens is 4. The molecule has 9 nitrogen and oxygen atoms in total. The standard InChI is InChI=1S/C17H16N6O3/c24-14-15(25)21-13-10-11(2-3-12(13)20-14)16(26)22-6-8-23(9-7-22)17-18-4-1-5-19-17/h1-5,10H,6-9H2,(H,20,24)(H,21,25). The molecule has 1 aliphatic heterocycles. The number of benzene rings is 1. The van der Waals surface area contributed by atoms with Crippen LogP contribution in [0.1, 0.15) is 10.4 Å².